The maximum absolute atomic E-state index is 11.1. The lowest BCUT2D eigenvalue weighted by Crippen LogP contribution is -2.42. The van der Waals surface area contributed by atoms with Gasteiger partial charge in [0, 0.05) is 13.1 Å². The van der Waals surface area contributed by atoms with Gasteiger partial charge in [0.05, 0.1) is 17.3 Å². The molecule has 7 heteroatoms. The molecule has 0 atom stereocenters. The number of sulfone groups is 1. The molecule has 0 spiro atoms. The Hall–Kier alpha value is -0.560. The molecule has 14 heavy (non-hydrogen) atoms. The number of amides is 1. The Labute approximate surface area is 86.5 Å². The van der Waals surface area contributed by atoms with Crippen molar-refractivity contribution < 1.29 is 13.2 Å². The molecular weight excluding hydrogens is 224 g/mol. The van der Waals surface area contributed by atoms with E-state index in [1.807, 2.05) is 4.90 Å². The number of thioether (sulfide) groups is 1. The van der Waals surface area contributed by atoms with Crippen LogP contribution in [0.4, 0.5) is 0 Å². The van der Waals surface area contributed by atoms with E-state index in [1.54, 1.807) is 0 Å². The number of aliphatic imine (C=N–C) groups is 1. The topological polar surface area (TPSA) is 66.8 Å². The van der Waals surface area contributed by atoms with E-state index in [0.717, 1.165) is 0 Å². The standard InChI is InChI=1S/C7H10N2O3S2/c10-6-5-13-7(8-6)9-1-3-14(11,12)4-2-9/h1-5H2. The Morgan fingerprint density at radius 3 is 2.43 bits per heavy atom. The zero-order chi connectivity index (χ0) is 10.2. The summed E-state index contributed by atoms with van der Waals surface area (Å²) in [5.41, 5.74) is 0. The van der Waals surface area contributed by atoms with Crippen molar-refractivity contribution in [2.45, 2.75) is 0 Å². The first-order valence-electron chi connectivity index (χ1n) is 4.26. The molecule has 0 bridgehead atoms. The fourth-order valence-electron chi connectivity index (χ4n) is 1.36. The van der Waals surface area contributed by atoms with E-state index in [9.17, 15) is 13.2 Å². The first kappa shape index (κ1) is 9.97. The quantitative estimate of drug-likeness (QED) is 0.557. The average Bonchev–Trinajstić information content (AvgIpc) is 2.52. The van der Waals surface area contributed by atoms with Crippen molar-refractivity contribution in [3.8, 4) is 0 Å². The van der Waals surface area contributed by atoms with Crippen LogP contribution in [0.25, 0.3) is 0 Å². The average molecular weight is 234 g/mol. The first-order valence-corrected chi connectivity index (χ1v) is 7.07. The lowest BCUT2D eigenvalue weighted by Gasteiger charge is -2.27. The second-order valence-corrected chi connectivity index (χ2v) is 6.46. The van der Waals surface area contributed by atoms with E-state index < -0.39 is 9.84 Å². The molecule has 2 aliphatic heterocycles. The number of rotatable bonds is 0. The molecule has 2 heterocycles. The summed E-state index contributed by atoms with van der Waals surface area (Å²) < 4.78 is 22.3. The highest BCUT2D eigenvalue weighted by atomic mass is 32.2. The van der Waals surface area contributed by atoms with Crippen molar-refractivity contribution in [3.05, 3.63) is 0 Å². The summed E-state index contributed by atoms with van der Waals surface area (Å²) in [7, 11) is -2.85. The third-order valence-corrected chi connectivity index (χ3v) is 4.77. The number of nitrogens with zero attached hydrogens (tertiary/aromatic N) is 2. The summed E-state index contributed by atoms with van der Waals surface area (Å²) in [5, 5.41) is 0.685. The summed E-state index contributed by atoms with van der Waals surface area (Å²) in [6.45, 7) is 0.920. The number of hydrogen-bond donors (Lipinski definition) is 0. The fraction of sp³-hybridized carbons (Fsp3) is 0.714. The van der Waals surface area contributed by atoms with Gasteiger partial charge in [0.25, 0.3) is 5.91 Å². The first-order chi connectivity index (χ1) is 6.57. The molecule has 78 valence electrons. The molecule has 1 amide bonds. The van der Waals surface area contributed by atoms with Gasteiger partial charge in [0.1, 0.15) is 0 Å². The largest absolute Gasteiger partial charge is 0.349 e. The fourth-order valence-corrected chi connectivity index (χ4v) is 3.41. The minimum atomic E-state index is -2.85. The third kappa shape index (κ3) is 2.09. The van der Waals surface area contributed by atoms with Crippen molar-refractivity contribution in [1.82, 2.24) is 4.90 Å². The summed E-state index contributed by atoms with van der Waals surface area (Å²) in [5.74, 6) is 0.596. The number of carbonyl (C=O) groups excluding carboxylic acids is 1. The molecule has 0 aromatic rings. The molecule has 0 unspecified atom stereocenters. The molecule has 0 aliphatic carbocycles. The van der Waals surface area contributed by atoms with Gasteiger partial charge in [0.15, 0.2) is 15.0 Å². The van der Waals surface area contributed by atoms with Crippen molar-refractivity contribution in [1.29, 1.82) is 0 Å². The van der Waals surface area contributed by atoms with Crippen LogP contribution in [0.5, 0.6) is 0 Å². The molecule has 0 aromatic carbocycles. The second kappa shape index (κ2) is 3.54. The van der Waals surface area contributed by atoms with Gasteiger partial charge >= 0.3 is 0 Å². The van der Waals surface area contributed by atoms with Crippen LogP contribution in [0.1, 0.15) is 0 Å². The summed E-state index contributed by atoms with van der Waals surface area (Å²) >= 11 is 1.39. The highest BCUT2D eigenvalue weighted by Gasteiger charge is 2.27. The monoisotopic (exact) mass is 234 g/mol. The summed E-state index contributed by atoms with van der Waals surface area (Å²) in [4.78, 5) is 16.6. The van der Waals surface area contributed by atoms with Crippen LogP contribution >= 0.6 is 11.8 Å². The lowest BCUT2D eigenvalue weighted by molar-refractivity contribution is -0.115. The van der Waals surface area contributed by atoms with E-state index in [2.05, 4.69) is 4.99 Å². The van der Waals surface area contributed by atoms with Gasteiger partial charge < -0.3 is 4.90 Å². The van der Waals surface area contributed by atoms with Gasteiger partial charge in [-0.1, -0.05) is 11.8 Å². The van der Waals surface area contributed by atoms with Gasteiger partial charge in [-0.2, -0.15) is 4.99 Å². The molecule has 0 radical (unpaired) electrons. The Kier molecular flexibility index (Phi) is 2.52. The Morgan fingerprint density at radius 1 is 1.29 bits per heavy atom. The van der Waals surface area contributed by atoms with E-state index in [4.69, 9.17) is 0 Å². The van der Waals surface area contributed by atoms with Gasteiger partial charge in [-0.05, 0) is 0 Å². The smallest absolute Gasteiger partial charge is 0.258 e. The maximum Gasteiger partial charge on any atom is 0.258 e. The molecule has 1 fully saturated rings. The van der Waals surface area contributed by atoms with Gasteiger partial charge in [-0.15, -0.1) is 0 Å². The lowest BCUT2D eigenvalue weighted by atomic mass is 10.5. The molecular formula is C7H10N2O3S2. The van der Waals surface area contributed by atoms with Crippen LogP contribution in [0, 0.1) is 0 Å². The molecule has 2 rings (SSSR count). The van der Waals surface area contributed by atoms with Crippen LogP contribution in [0.2, 0.25) is 0 Å². The van der Waals surface area contributed by atoms with E-state index in [-0.39, 0.29) is 17.4 Å². The van der Waals surface area contributed by atoms with Crippen LogP contribution in [0.15, 0.2) is 4.99 Å². The van der Waals surface area contributed by atoms with Crippen molar-refractivity contribution in [2.24, 2.45) is 4.99 Å². The zero-order valence-electron chi connectivity index (χ0n) is 7.47. The number of carbonyl (C=O) groups is 1. The molecule has 0 aromatic heterocycles. The zero-order valence-corrected chi connectivity index (χ0v) is 9.10. The van der Waals surface area contributed by atoms with E-state index in [1.165, 1.54) is 11.8 Å². The minimum absolute atomic E-state index is 0.126. The van der Waals surface area contributed by atoms with Crippen LogP contribution in [-0.4, -0.2) is 54.7 Å². The molecule has 5 nitrogen and oxygen atoms in total. The maximum atomic E-state index is 11.1. The normalized spacial score (nSPS) is 26.4. The molecule has 0 N–H and O–H groups in total. The summed E-state index contributed by atoms with van der Waals surface area (Å²) in [6.07, 6.45) is 0. The SMILES string of the molecule is O=C1CSC(N2CCS(=O)(=O)CC2)=N1. The third-order valence-electron chi connectivity index (χ3n) is 2.16. The predicted molar refractivity (Wildman–Crippen MR) is 55.1 cm³/mol. The molecule has 1 saturated heterocycles. The van der Waals surface area contributed by atoms with Crippen molar-refractivity contribution in [2.75, 3.05) is 30.3 Å². The Balaban J connectivity index is 2.02. The van der Waals surface area contributed by atoms with Crippen LogP contribution in [-0.2, 0) is 14.6 Å². The highest BCUT2D eigenvalue weighted by molar-refractivity contribution is 8.14. The Morgan fingerprint density at radius 2 is 1.93 bits per heavy atom. The van der Waals surface area contributed by atoms with E-state index >= 15 is 0 Å². The van der Waals surface area contributed by atoms with Gasteiger partial charge in [-0.25, -0.2) is 8.42 Å². The summed E-state index contributed by atoms with van der Waals surface area (Å²) in [6, 6.07) is 0. The minimum Gasteiger partial charge on any atom is -0.349 e. The molecule has 2 aliphatic rings. The molecule has 0 saturated carbocycles. The van der Waals surface area contributed by atoms with Crippen molar-refractivity contribution >= 4 is 32.7 Å². The van der Waals surface area contributed by atoms with Gasteiger partial charge in [0.2, 0.25) is 0 Å². The van der Waals surface area contributed by atoms with E-state index in [0.29, 0.717) is 24.0 Å². The highest BCUT2D eigenvalue weighted by Crippen LogP contribution is 2.18. The van der Waals surface area contributed by atoms with Crippen LogP contribution in [0.3, 0.4) is 0 Å². The predicted octanol–water partition coefficient (Wildman–Crippen LogP) is -0.654. The number of amidine groups is 1. The Bertz CT molecular complexity index is 374. The second-order valence-electron chi connectivity index (χ2n) is 3.22. The van der Waals surface area contributed by atoms with Crippen LogP contribution < -0.4 is 0 Å². The van der Waals surface area contributed by atoms with Gasteiger partial charge in [-0.3, -0.25) is 4.79 Å². The number of hydrogen-bond acceptors (Lipinski definition) is 5. The van der Waals surface area contributed by atoms with Crippen molar-refractivity contribution in [3.63, 3.8) is 0 Å².